The fourth-order valence-electron chi connectivity index (χ4n) is 2.31. The van der Waals surface area contributed by atoms with Gasteiger partial charge < -0.3 is 4.74 Å². The summed E-state index contributed by atoms with van der Waals surface area (Å²) in [6, 6.07) is 5.45. The van der Waals surface area contributed by atoms with E-state index in [9.17, 15) is 4.79 Å². The van der Waals surface area contributed by atoms with Crippen LogP contribution < -0.4 is 0 Å². The molecule has 0 fully saturated rings. The van der Waals surface area contributed by atoms with E-state index < -0.39 is 8.07 Å². The fourth-order valence-corrected chi connectivity index (χ4v) is 6.47. The van der Waals surface area contributed by atoms with Crippen molar-refractivity contribution in [3.05, 3.63) is 12.7 Å². The van der Waals surface area contributed by atoms with E-state index >= 15 is 0 Å². The molecule has 0 aliphatic rings. The number of esters is 1. The third-order valence-corrected chi connectivity index (χ3v) is 9.65. The highest BCUT2D eigenvalue weighted by Gasteiger charge is 2.27. The SMILES string of the molecule is C=CC(=O)OCCC[Si](CC)(CC)CCCC. The Balaban J connectivity index is 3.98. The minimum atomic E-state index is -1.06. The molecular weight excluding hydrogens is 228 g/mol. The van der Waals surface area contributed by atoms with E-state index in [1.165, 1.54) is 43.1 Å². The summed E-state index contributed by atoms with van der Waals surface area (Å²) in [5.74, 6) is -0.293. The first-order valence-electron chi connectivity index (χ1n) is 6.93. The minimum Gasteiger partial charge on any atom is -0.463 e. The van der Waals surface area contributed by atoms with Crippen molar-refractivity contribution in [2.45, 2.75) is 64.2 Å². The molecule has 0 heterocycles. The van der Waals surface area contributed by atoms with Gasteiger partial charge in [0.25, 0.3) is 0 Å². The number of carbonyl (C=O) groups is 1. The lowest BCUT2D eigenvalue weighted by atomic mass is 10.4. The highest BCUT2D eigenvalue weighted by molar-refractivity contribution is 6.79. The summed E-state index contributed by atoms with van der Waals surface area (Å²) in [6.07, 6.45) is 4.92. The van der Waals surface area contributed by atoms with Gasteiger partial charge in [0.2, 0.25) is 0 Å². The van der Waals surface area contributed by atoms with Crippen LogP contribution in [0.25, 0.3) is 0 Å². The van der Waals surface area contributed by atoms with Gasteiger partial charge in [0.1, 0.15) is 0 Å². The molecule has 17 heavy (non-hydrogen) atoms. The van der Waals surface area contributed by atoms with Crippen LogP contribution in [0.2, 0.25) is 24.2 Å². The van der Waals surface area contributed by atoms with Crippen LogP contribution in [-0.2, 0) is 9.53 Å². The van der Waals surface area contributed by atoms with E-state index in [0.717, 1.165) is 6.42 Å². The maximum atomic E-state index is 10.9. The second-order valence-electron chi connectivity index (χ2n) is 4.79. The van der Waals surface area contributed by atoms with Gasteiger partial charge in [-0.15, -0.1) is 0 Å². The topological polar surface area (TPSA) is 26.3 Å². The molecule has 0 spiro atoms. The maximum absolute atomic E-state index is 10.9. The molecule has 100 valence electrons. The standard InChI is InChI=1S/C14H28O2Si/c1-5-9-12-17(7-3,8-4)13-10-11-16-14(15)6-2/h6H,2,5,7-13H2,1,3-4H3. The molecule has 2 nitrogen and oxygen atoms in total. The van der Waals surface area contributed by atoms with Crippen LogP contribution in [0.5, 0.6) is 0 Å². The molecule has 0 unspecified atom stereocenters. The van der Waals surface area contributed by atoms with Crippen molar-refractivity contribution in [1.82, 2.24) is 0 Å². The Morgan fingerprint density at radius 2 is 1.76 bits per heavy atom. The Bertz CT molecular complexity index is 222. The van der Waals surface area contributed by atoms with Crippen molar-refractivity contribution < 1.29 is 9.53 Å². The third-order valence-electron chi connectivity index (χ3n) is 3.82. The van der Waals surface area contributed by atoms with Gasteiger partial charge in [0.05, 0.1) is 14.7 Å². The number of carbonyl (C=O) groups excluding carboxylic acids is 1. The zero-order valence-corrected chi connectivity index (χ0v) is 12.8. The molecule has 0 N–H and O–H groups in total. The van der Waals surface area contributed by atoms with E-state index in [-0.39, 0.29) is 5.97 Å². The molecule has 0 saturated heterocycles. The van der Waals surface area contributed by atoms with Crippen LogP contribution in [0, 0.1) is 0 Å². The highest BCUT2D eigenvalue weighted by Crippen LogP contribution is 2.28. The lowest BCUT2D eigenvalue weighted by molar-refractivity contribution is -0.137. The summed E-state index contributed by atoms with van der Waals surface area (Å²) < 4.78 is 5.05. The Hall–Kier alpha value is -0.573. The number of ether oxygens (including phenoxy) is 1. The first-order chi connectivity index (χ1) is 8.14. The molecule has 0 aromatic heterocycles. The quantitative estimate of drug-likeness (QED) is 0.251. The molecule has 0 atom stereocenters. The normalized spacial score (nSPS) is 11.2. The largest absolute Gasteiger partial charge is 0.463 e. The van der Waals surface area contributed by atoms with Crippen LogP contribution in [0.1, 0.15) is 40.0 Å². The van der Waals surface area contributed by atoms with Crippen LogP contribution in [0.3, 0.4) is 0 Å². The summed E-state index contributed by atoms with van der Waals surface area (Å²) >= 11 is 0. The summed E-state index contributed by atoms with van der Waals surface area (Å²) in [4.78, 5) is 10.9. The van der Waals surface area contributed by atoms with Gasteiger partial charge in [0.15, 0.2) is 0 Å². The summed E-state index contributed by atoms with van der Waals surface area (Å²) in [7, 11) is -1.06. The van der Waals surface area contributed by atoms with Gasteiger partial charge in [-0.05, 0) is 6.42 Å². The molecule has 3 heteroatoms. The Labute approximate surface area is 107 Å². The van der Waals surface area contributed by atoms with E-state index in [4.69, 9.17) is 4.74 Å². The Morgan fingerprint density at radius 1 is 1.18 bits per heavy atom. The lowest BCUT2D eigenvalue weighted by Gasteiger charge is -2.29. The fraction of sp³-hybridized carbons (Fsp3) is 0.786. The maximum Gasteiger partial charge on any atom is 0.330 e. The molecule has 0 aromatic carbocycles. The minimum absolute atomic E-state index is 0.293. The predicted octanol–water partition coefficient (Wildman–Crippen LogP) is 4.39. The van der Waals surface area contributed by atoms with E-state index in [0.29, 0.717) is 6.61 Å². The lowest BCUT2D eigenvalue weighted by Crippen LogP contribution is -2.32. The van der Waals surface area contributed by atoms with Crippen molar-refractivity contribution in [1.29, 1.82) is 0 Å². The Kier molecular flexibility index (Phi) is 9.14. The first kappa shape index (κ1) is 16.4. The summed E-state index contributed by atoms with van der Waals surface area (Å²) in [5.41, 5.74) is 0. The molecule has 0 radical (unpaired) electrons. The number of rotatable bonds is 10. The highest BCUT2D eigenvalue weighted by atomic mass is 28.3. The third kappa shape index (κ3) is 6.67. The first-order valence-corrected chi connectivity index (χ1v) is 9.76. The van der Waals surface area contributed by atoms with Gasteiger partial charge >= 0.3 is 5.97 Å². The van der Waals surface area contributed by atoms with Crippen LogP contribution in [0.4, 0.5) is 0 Å². The van der Waals surface area contributed by atoms with E-state index in [2.05, 4.69) is 27.4 Å². The smallest absolute Gasteiger partial charge is 0.330 e. The average molecular weight is 256 g/mol. The average Bonchev–Trinajstić information content (AvgIpc) is 2.38. The van der Waals surface area contributed by atoms with E-state index in [1.54, 1.807) is 0 Å². The van der Waals surface area contributed by atoms with Crippen LogP contribution in [-0.4, -0.2) is 20.7 Å². The van der Waals surface area contributed by atoms with Crippen molar-refractivity contribution in [2.75, 3.05) is 6.61 Å². The molecule has 0 aliphatic carbocycles. The summed E-state index contributed by atoms with van der Waals surface area (Å²) in [6.45, 7) is 10.9. The number of hydrogen-bond donors (Lipinski definition) is 0. The molecule has 0 amide bonds. The van der Waals surface area contributed by atoms with Gasteiger partial charge in [-0.2, -0.15) is 0 Å². The molecule has 0 bridgehead atoms. The van der Waals surface area contributed by atoms with Gasteiger partial charge in [0, 0.05) is 6.08 Å². The zero-order chi connectivity index (χ0) is 13.1. The summed E-state index contributed by atoms with van der Waals surface area (Å²) in [5, 5.41) is 0. The van der Waals surface area contributed by atoms with Gasteiger partial charge in [-0.25, -0.2) is 4.79 Å². The second-order valence-corrected chi connectivity index (χ2v) is 10.2. The van der Waals surface area contributed by atoms with Crippen molar-refractivity contribution in [3.63, 3.8) is 0 Å². The van der Waals surface area contributed by atoms with Crippen molar-refractivity contribution in [3.8, 4) is 0 Å². The molecule has 0 aliphatic heterocycles. The molecule has 0 aromatic rings. The number of hydrogen-bond acceptors (Lipinski definition) is 2. The monoisotopic (exact) mass is 256 g/mol. The van der Waals surface area contributed by atoms with Crippen LogP contribution >= 0.6 is 0 Å². The second kappa shape index (κ2) is 9.46. The van der Waals surface area contributed by atoms with Crippen LogP contribution in [0.15, 0.2) is 12.7 Å². The zero-order valence-electron chi connectivity index (χ0n) is 11.8. The van der Waals surface area contributed by atoms with Gasteiger partial charge in [-0.3, -0.25) is 0 Å². The van der Waals surface area contributed by atoms with Crippen molar-refractivity contribution in [2.24, 2.45) is 0 Å². The Morgan fingerprint density at radius 3 is 2.24 bits per heavy atom. The van der Waals surface area contributed by atoms with E-state index in [1.807, 2.05) is 0 Å². The van der Waals surface area contributed by atoms with Gasteiger partial charge in [-0.1, -0.05) is 64.4 Å². The molecular formula is C14H28O2Si. The molecule has 0 rings (SSSR count). The predicted molar refractivity (Wildman–Crippen MR) is 77.0 cm³/mol. The van der Waals surface area contributed by atoms with Crippen molar-refractivity contribution >= 4 is 14.0 Å². The molecule has 0 saturated carbocycles. The number of unbranched alkanes of at least 4 members (excludes halogenated alkanes) is 1.